The summed E-state index contributed by atoms with van der Waals surface area (Å²) in [6.45, 7) is 1.64. The summed E-state index contributed by atoms with van der Waals surface area (Å²) in [6.07, 6.45) is 1.25. The van der Waals surface area contributed by atoms with E-state index in [1.54, 1.807) is 0 Å². The van der Waals surface area contributed by atoms with Gasteiger partial charge in [0.2, 0.25) is 0 Å². The zero-order valence-electron chi connectivity index (χ0n) is 12.0. The van der Waals surface area contributed by atoms with Crippen molar-refractivity contribution in [1.29, 1.82) is 0 Å². The fourth-order valence-electron chi connectivity index (χ4n) is 1.94. The minimum absolute atomic E-state index is 0.166. The normalized spacial score (nSPS) is 10.3. The second-order valence-corrected chi connectivity index (χ2v) is 4.67. The minimum atomic E-state index is 0.166. The molecule has 0 aliphatic carbocycles. The van der Waals surface area contributed by atoms with E-state index in [1.165, 1.54) is 0 Å². The van der Waals surface area contributed by atoms with Crippen LogP contribution in [0, 0.1) is 0 Å². The molecule has 0 aromatic heterocycles. The van der Waals surface area contributed by atoms with E-state index >= 15 is 0 Å². The lowest BCUT2D eigenvalue weighted by molar-refractivity contribution is 0.0871. The van der Waals surface area contributed by atoms with Crippen LogP contribution in [0.1, 0.15) is 23.2 Å². The van der Waals surface area contributed by atoms with Crippen LogP contribution in [0.4, 0.5) is 0 Å². The van der Waals surface area contributed by atoms with Crippen LogP contribution in [-0.2, 0) is 4.74 Å². The van der Waals surface area contributed by atoms with Crippen LogP contribution in [0.2, 0.25) is 0 Å². The van der Waals surface area contributed by atoms with Gasteiger partial charge in [0.25, 0.3) is 0 Å². The molecule has 0 N–H and O–H groups in total. The highest BCUT2D eigenvalue weighted by Gasteiger charge is 2.04. The third kappa shape index (κ3) is 5.79. The van der Waals surface area contributed by atoms with Gasteiger partial charge in [-0.25, -0.2) is 0 Å². The van der Waals surface area contributed by atoms with Gasteiger partial charge >= 0.3 is 0 Å². The molecule has 3 nitrogen and oxygen atoms in total. The average molecular weight is 284 g/mol. The van der Waals surface area contributed by atoms with Crippen molar-refractivity contribution in [2.45, 2.75) is 12.8 Å². The van der Waals surface area contributed by atoms with Crippen LogP contribution in [0.15, 0.2) is 60.7 Å². The average Bonchev–Trinajstić information content (AvgIpc) is 2.55. The molecule has 0 saturated heterocycles. The molecule has 0 saturated carbocycles. The van der Waals surface area contributed by atoms with Crippen LogP contribution >= 0.6 is 0 Å². The summed E-state index contributed by atoms with van der Waals surface area (Å²) in [5, 5.41) is 0. The monoisotopic (exact) mass is 284 g/mol. The fraction of sp³-hybridized carbons (Fsp3) is 0.278. The number of carbonyl (C=O) groups excluding carboxylic acids is 1. The number of para-hydroxylation sites is 1. The first-order valence-corrected chi connectivity index (χ1v) is 7.20. The van der Waals surface area contributed by atoms with E-state index in [1.807, 2.05) is 60.7 Å². The first kappa shape index (κ1) is 15.3. The SMILES string of the molecule is O=C(CCCOCCOc1ccccc1)c1ccccc1. The first-order chi connectivity index (χ1) is 10.4. The smallest absolute Gasteiger partial charge is 0.162 e. The fourth-order valence-corrected chi connectivity index (χ4v) is 1.94. The number of hydrogen-bond donors (Lipinski definition) is 0. The molecular weight excluding hydrogens is 264 g/mol. The molecule has 0 fully saturated rings. The lowest BCUT2D eigenvalue weighted by Gasteiger charge is -2.07. The van der Waals surface area contributed by atoms with E-state index in [-0.39, 0.29) is 5.78 Å². The number of Topliss-reactive ketones (excluding diaryl/α,β-unsaturated/α-hetero) is 1. The predicted molar refractivity (Wildman–Crippen MR) is 82.8 cm³/mol. The maximum absolute atomic E-state index is 11.8. The van der Waals surface area contributed by atoms with Gasteiger partial charge in [0, 0.05) is 18.6 Å². The van der Waals surface area contributed by atoms with Gasteiger partial charge in [-0.15, -0.1) is 0 Å². The Bertz CT molecular complexity index is 523. The number of ketones is 1. The largest absolute Gasteiger partial charge is 0.491 e. The lowest BCUT2D eigenvalue weighted by Crippen LogP contribution is -2.08. The van der Waals surface area contributed by atoms with Gasteiger partial charge in [0.15, 0.2) is 5.78 Å². The van der Waals surface area contributed by atoms with Gasteiger partial charge < -0.3 is 9.47 Å². The summed E-state index contributed by atoms with van der Waals surface area (Å²) >= 11 is 0. The van der Waals surface area contributed by atoms with Gasteiger partial charge in [0.1, 0.15) is 12.4 Å². The van der Waals surface area contributed by atoms with Crippen molar-refractivity contribution in [3.8, 4) is 5.75 Å². The number of rotatable bonds is 9. The molecule has 0 bridgehead atoms. The topological polar surface area (TPSA) is 35.5 Å². The van der Waals surface area contributed by atoms with Gasteiger partial charge in [-0.05, 0) is 18.6 Å². The molecule has 21 heavy (non-hydrogen) atoms. The van der Waals surface area contributed by atoms with Gasteiger partial charge in [-0.1, -0.05) is 48.5 Å². The Morgan fingerprint density at radius 2 is 1.48 bits per heavy atom. The Balaban J connectivity index is 1.51. The minimum Gasteiger partial charge on any atom is -0.491 e. The summed E-state index contributed by atoms with van der Waals surface area (Å²) in [5.41, 5.74) is 0.768. The molecule has 0 heterocycles. The van der Waals surface area contributed by atoms with Crippen molar-refractivity contribution in [3.05, 3.63) is 66.2 Å². The van der Waals surface area contributed by atoms with Crippen LogP contribution in [0.3, 0.4) is 0 Å². The van der Waals surface area contributed by atoms with Crippen LogP contribution in [0.5, 0.6) is 5.75 Å². The highest BCUT2D eigenvalue weighted by Crippen LogP contribution is 2.08. The molecule has 0 radical (unpaired) electrons. The van der Waals surface area contributed by atoms with Crippen molar-refractivity contribution >= 4 is 5.78 Å². The van der Waals surface area contributed by atoms with E-state index in [4.69, 9.17) is 9.47 Å². The Morgan fingerprint density at radius 3 is 2.19 bits per heavy atom. The zero-order chi connectivity index (χ0) is 14.8. The molecule has 0 amide bonds. The predicted octanol–water partition coefficient (Wildman–Crippen LogP) is 3.75. The number of ether oxygens (including phenoxy) is 2. The molecule has 110 valence electrons. The second kappa shape index (κ2) is 8.93. The van der Waals surface area contributed by atoms with Crippen molar-refractivity contribution in [2.24, 2.45) is 0 Å². The second-order valence-electron chi connectivity index (χ2n) is 4.67. The van der Waals surface area contributed by atoms with Crippen molar-refractivity contribution in [3.63, 3.8) is 0 Å². The molecular formula is C18H20O3. The quantitative estimate of drug-likeness (QED) is 0.520. The van der Waals surface area contributed by atoms with Crippen LogP contribution in [0.25, 0.3) is 0 Å². The van der Waals surface area contributed by atoms with E-state index in [0.717, 1.165) is 17.7 Å². The summed E-state index contributed by atoms with van der Waals surface area (Å²) in [5.74, 6) is 1.01. The lowest BCUT2D eigenvalue weighted by atomic mass is 10.1. The molecule has 2 aromatic rings. The Kier molecular flexibility index (Phi) is 6.49. The molecule has 3 heteroatoms. The van der Waals surface area contributed by atoms with E-state index < -0.39 is 0 Å². The van der Waals surface area contributed by atoms with Crippen molar-refractivity contribution in [1.82, 2.24) is 0 Å². The van der Waals surface area contributed by atoms with E-state index in [9.17, 15) is 4.79 Å². The molecule has 0 aliphatic heterocycles. The molecule has 0 atom stereocenters. The van der Waals surface area contributed by atoms with Gasteiger partial charge in [0.05, 0.1) is 6.61 Å². The summed E-state index contributed by atoms with van der Waals surface area (Å²) < 4.78 is 11.0. The maximum atomic E-state index is 11.8. The van der Waals surface area contributed by atoms with Gasteiger partial charge in [-0.2, -0.15) is 0 Å². The van der Waals surface area contributed by atoms with Crippen LogP contribution < -0.4 is 4.74 Å². The van der Waals surface area contributed by atoms with Crippen molar-refractivity contribution < 1.29 is 14.3 Å². The molecule has 2 rings (SSSR count). The summed E-state index contributed by atoms with van der Waals surface area (Å²) in [4.78, 5) is 11.8. The van der Waals surface area contributed by atoms with Crippen LogP contribution in [-0.4, -0.2) is 25.6 Å². The Morgan fingerprint density at radius 1 is 0.810 bits per heavy atom. The van der Waals surface area contributed by atoms with E-state index in [0.29, 0.717) is 26.2 Å². The maximum Gasteiger partial charge on any atom is 0.162 e. The number of benzene rings is 2. The highest BCUT2D eigenvalue weighted by molar-refractivity contribution is 5.95. The Hall–Kier alpha value is -2.13. The molecule has 2 aromatic carbocycles. The molecule has 0 unspecified atom stereocenters. The summed E-state index contributed by atoms with van der Waals surface area (Å²) in [7, 11) is 0. The standard InChI is InChI=1S/C18H20O3/c19-18(16-8-3-1-4-9-16)12-7-13-20-14-15-21-17-10-5-2-6-11-17/h1-6,8-11H,7,12-15H2. The van der Waals surface area contributed by atoms with Gasteiger partial charge in [-0.3, -0.25) is 4.79 Å². The first-order valence-electron chi connectivity index (χ1n) is 7.20. The zero-order valence-corrected chi connectivity index (χ0v) is 12.0. The Labute approximate surface area is 125 Å². The highest BCUT2D eigenvalue weighted by atomic mass is 16.5. The molecule has 0 aliphatic rings. The third-order valence-corrected chi connectivity index (χ3v) is 3.03. The third-order valence-electron chi connectivity index (χ3n) is 3.03. The van der Waals surface area contributed by atoms with E-state index in [2.05, 4.69) is 0 Å². The van der Waals surface area contributed by atoms with Crippen molar-refractivity contribution in [2.75, 3.05) is 19.8 Å². The number of hydrogen-bond acceptors (Lipinski definition) is 3. The number of carbonyl (C=O) groups is 1. The summed E-state index contributed by atoms with van der Waals surface area (Å²) in [6, 6.07) is 19.0. The molecule has 0 spiro atoms.